The van der Waals surface area contributed by atoms with E-state index in [9.17, 15) is 13.2 Å². The molecule has 1 aromatic rings. The summed E-state index contributed by atoms with van der Waals surface area (Å²) in [5.74, 6) is -0.661. The molecule has 1 heterocycles. The molecule has 82 valence electrons. The molecule has 0 aliphatic carbocycles. The van der Waals surface area contributed by atoms with E-state index in [4.69, 9.17) is 10.5 Å². The standard InChI is InChI=1S/C9H4F3N3O/c10-9(11,12)16-8-6(1-2-13)4-15-5-7(8)3-14/h4-5H,1H2. The van der Waals surface area contributed by atoms with Crippen molar-refractivity contribution in [3.63, 3.8) is 0 Å². The van der Waals surface area contributed by atoms with Gasteiger partial charge in [-0.3, -0.25) is 4.98 Å². The molecule has 0 bridgehead atoms. The third-order valence-corrected chi connectivity index (χ3v) is 1.58. The zero-order chi connectivity index (χ0) is 12.2. The second-order valence-electron chi connectivity index (χ2n) is 2.67. The second-order valence-corrected chi connectivity index (χ2v) is 2.67. The quantitative estimate of drug-likeness (QED) is 0.773. The zero-order valence-corrected chi connectivity index (χ0v) is 7.75. The van der Waals surface area contributed by atoms with Crippen molar-refractivity contribution in [3.8, 4) is 17.9 Å². The summed E-state index contributed by atoms with van der Waals surface area (Å²) in [7, 11) is 0. The van der Waals surface area contributed by atoms with Gasteiger partial charge in [0.15, 0.2) is 5.75 Å². The van der Waals surface area contributed by atoms with Crippen LogP contribution in [0.5, 0.6) is 5.75 Å². The fourth-order valence-corrected chi connectivity index (χ4v) is 1.02. The van der Waals surface area contributed by atoms with E-state index in [1.165, 1.54) is 6.07 Å². The Morgan fingerprint density at radius 2 is 2.00 bits per heavy atom. The third-order valence-electron chi connectivity index (χ3n) is 1.58. The molecule has 0 saturated carbocycles. The summed E-state index contributed by atoms with van der Waals surface area (Å²) in [6.45, 7) is 0. The fraction of sp³-hybridized carbons (Fsp3) is 0.222. The van der Waals surface area contributed by atoms with Crippen LogP contribution in [-0.2, 0) is 6.42 Å². The molecule has 0 aliphatic rings. The summed E-state index contributed by atoms with van der Waals surface area (Å²) < 4.78 is 39.8. The minimum Gasteiger partial charge on any atom is -0.404 e. The van der Waals surface area contributed by atoms with E-state index in [0.717, 1.165) is 12.4 Å². The van der Waals surface area contributed by atoms with Crippen molar-refractivity contribution in [2.45, 2.75) is 12.8 Å². The third kappa shape index (κ3) is 2.85. The zero-order valence-electron chi connectivity index (χ0n) is 7.75. The lowest BCUT2D eigenvalue weighted by Crippen LogP contribution is -2.19. The van der Waals surface area contributed by atoms with Crippen LogP contribution in [0.25, 0.3) is 0 Å². The van der Waals surface area contributed by atoms with Crippen molar-refractivity contribution in [3.05, 3.63) is 23.5 Å². The summed E-state index contributed by atoms with van der Waals surface area (Å²) in [4.78, 5) is 3.54. The van der Waals surface area contributed by atoms with E-state index >= 15 is 0 Å². The van der Waals surface area contributed by atoms with Gasteiger partial charge in [0.1, 0.15) is 11.6 Å². The molecule has 0 atom stereocenters. The van der Waals surface area contributed by atoms with Crippen LogP contribution in [0.15, 0.2) is 12.4 Å². The molecular weight excluding hydrogens is 223 g/mol. The Labute approximate surface area is 88.5 Å². The number of hydrogen-bond donors (Lipinski definition) is 0. The van der Waals surface area contributed by atoms with Crippen LogP contribution in [0, 0.1) is 22.7 Å². The van der Waals surface area contributed by atoms with Gasteiger partial charge in [0.05, 0.1) is 12.5 Å². The summed E-state index contributed by atoms with van der Waals surface area (Å²) in [6.07, 6.45) is -3.21. The van der Waals surface area contributed by atoms with Gasteiger partial charge in [0, 0.05) is 18.0 Å². The molecule has 0 fully saturated rings. The maximum absolute atomic E-state index is 12.0. The van der Waals surface area contributed by atoms with Crippen LogP contribution in [0.3, 0.4) is 0 Å². The molecule has 0 spiro atoms. The SMILES string of the molecule is N#CCc1cncc(C#N)c1OC(F)(F)F. The highest BCUT2D eigenvalue weighted by Crippen LogP contribution is 2.29. The number of ether oxygens (including phenoxy) is 1. The van der Waals surface area contributed by atoms with E-state index < -0.39 is 12.1 Å². The first-order valence-electron chi connectivity index (χ1n) is 3.97. The Balaban J connectivity index is 3.22. The van der Waals surface area contributed by atoms with Crippen molar-refractivity contribution in [1.29, 1.82) is 10.5 Å². The van der Waals surface area contributed by atoms with Gasteiger partial charge < -0.3 is 4.74 Å². The number of nitrogens with zero attached hydrogens (tertiary/aromatic N) is 3. The average molecular weight is 227 g/mol. The van der Waals surface area contributed by atoms with E-state index in [1.54, 1.807) is 6.07 Å². The lowest BCUT2D eigenvalue weighted by atomic mass is 10.1. The summed E-state index contributed by atoms with van der Waals surface area (Å²) in [5, 5.41) is 17.0. The van der Waals surface area contributed by atoms with Gasteiger partial charge in [-0.25, -0.2) is 0 Å². The van der Waals surface area contributed by atoms with E-state index in [-0.39, 0.29) is 17.5 Å². The molecular formula is C9H4F3N3O. The second kappa shape index (κ2) is 4.49. The predicted octanol–water partition coefficient (Wildman–Crippen LogP) is 1.92. The first kappa shape index (κ1) is 11.8. The van der Waals surface area contributed by atoms with Gasteiger partial charge in [0.2, 0.25) is 0 Å². The maximum Gasteiger partial charge on any atom is 0.573 e. The van der Waals surface area contributed by atoms with Gasteiger partial charge in [-0.15, -0.1) is 13.2 Å². The molecule has 0 N–H and O–H groups in total. The average Bonchev–Trinajstić information content (AvgIpc) is 2.19. The van der Waals surface area contributed by atoms with Crippen LogP contribution in [0.4, 0.5) is 13.2 Å². The normalized spacial score (nSPS) is 10.3. The molecule has 0 saturated heterocycles. The minimum atomic E-state index is -4.91. The molecule has 0 aromatic carbocycles. The molecule has 4 nitrogen and oxygen atoms in total. The van der Waals surface area contributed by atoms with Gasteiger partial charge in [-0.2, -0.15) is 10.5 Å². The number of pyridine rings is 1. The lowest BCUT2D eigenvalue weighted by Gasteiger charge is -2.12. The van der Waals surface area contributed by atoms with Gasteiger partial charge in [-0.1, -0.05) is 0 Å². The summed E-state index contributed by atoms with van der Waals surface area (Å²) in [6, 6.07) is 3.18. The lowest BCUT2D eigenvalue weighted by molar-refractivity contribution is -0.275. The molecule has 1 aromatic heterocycles. The Kier molecular flexibility index (Phi) is 3.31. The summed E-state index contributed by atoms with van der Waals surface area (Å²) >= 11 is 0. The number of nitriles is 2. The number of rotatable bonds is 2. The Hall–Kier alpha value is -2.28. The van der Waals surface area contributed by atoms with Crippen molar-refractivity contribution < 1.29 is 17.9 Å². The molecule has 1 rings (SSSR count). The minimum absolute atomic E-state index is 0.0705. The molecule has 16 heavy (non-hydrogen) atoms. The highest BCUT2D eigenvalue weighted by Gasteiger charge is 2.33. The number of aromatic nitrogens is 1. The van der Waals surface area contributed by atoms with Crippen LogP contribution >= 0.6 is 0 Å². The van der Waals surface area contributed by atoms with Gasteiger partial charge in [-0.05, 0) is 0 Å². The molecule has 0 radical (unpaired) electrons. The van der Waals surface area contributed by atoms with Crippen molar-refractivity contribution in [1.82, 2.24) is 4.98 Å². The first-order valence-corrected chi connectivity index (χ1v) is 3.97. The van der Waals surface area contributed by atoms with Gasteiger partial charge >= 0.3 is 6.36 Å². The first-order chi connectivity index (χ1) is 7.48. The maximum atomic E-state index is 12.0. The largest absolute Gasteiger partial charge is 0.573 e. The van der Waals surface area contributed by atoms with Crippen LogP contribution in [0.1, 0.15) is 11.1 Å². The Morgan fingerprint density at radius 1 is 1.31 bits per heavy atom. The number of halogens is 3. The molecule has 0 aliphatic heterocycles. The monoisotopic (exact) mass is 227 g/mol. The topological polar surface area (TPSA) is 69.7 Å². The molecule has 0 unspecified atom stereocenters. The fourth-order valence-electron chi connectivity index (χ4n) is 1.02. The van der Waals surface area contributed by atoms with Crippen LogP contribution in [-0.4, -0.2) is 11.3 Å². The van der Waals surface area contributed by atoms with Crippen molar-refractivity contribution in [2.24, 2.45) is 0 Å². The Morgan fingerprint density at radius 3 is 2.50 bits per heavy atom. The van der Waals surface area contributed by atoms with Crippen molar-refractivity contribution in [2.75, 3.05) is 0 Å². The van der Waals surface area contributed by atoms with E-state index in [1.807, 2.05) is 0 Å². The predicted molar refractivity (Wildman–Crippen MR) is 45.0 cm³/mol. The smallest absolute Gasteiger partial charge is 0.404 e. The number of hydrogen-bond acceptors (Lipinski definition) is 4. The summed E-state index contributed by atoms with van der Waals surface area (Å²) in [5.41, 5.74) is -0.427. The van der Waals surface area contributed by atoms with Crippen LogP contribution < -0.4 is 4.74 Å². The highest BCUT2D eigenvalue weighted by atomic mass is 19.4. The van der Waals surface area contributed by atoms with E-state index in [2.05, 4.69) is 9.72 Å². The Bertz CT molecular complexity index is 470. The molecule has 0 amide bonds. The van der Waals surface area contributed by atoms with Crippen molar-refractivity contribution >= 4 is 0 Å². The van der Waals surface area contributed by atoms with Gasteiger partial charge in [0.25, 0.3) is 0 Å². The number of alkyl halides is 3. The van der Waals surface area contributed by atoms with E-state index in [0.29, 0.717) is 0 Å². The highest BCUT2D eigenvalue weighted by molar-refractivity contribution is 5.47. The molecule has 7 heteroatoms. The van der Waals surface area contributed by atoms with Crippen LogP contribution in [0.2, 0.25) is 0 Å².